The Morgan fingerprint density at radius 2 is 1.80 bits per heavy atom. The molecule has 0 aliphatic heterocycles. The Balaban J connectivity index is 2.64. The summed E-state index contributed by atoms with van der Waals surface area (Å²) in [6, 6.07) is -0.899. The van der Waals surface area contributed by atoms with Gasteiger partial charge in [-0.05, 0) is 58.4 Å². The van der Waals surface area contributed by atoms with E-state index in [2.05, 4.69) is 30.5 Å². The number of aliphatic hydroxyl groups is 1. The predicted molar refractivity (Wildman–Crippen MR) is 123 cm³/mol. The van der Waals surface area contributed by atoms with Crippen LogP contribution >= 0.6 is 0 Å². The van der Waals surface area contributed by atoms with Gasteiger partial charge in [0.1, 0.15) is 6.04 Å². The summed E-state index contributed by atoms with van der Waals surface area (Å²) in [5, 5.41) is 12.5. The molecule has 0 radical (unpaired) electrons. The summed E-state index contributed by atoms with van der Waals surface area (Å²) in [5.41, 5.74) is 1.38. The molecule has 6 heteroatoms. The number of amides is 2. The number of hydrogen-bond donors (Lipinski definition) is 2. The molecule has 0 aromatic rings. The summed E-state index contributed by atoms with van der Waals surface area (Å²) in [4.78, 5) is 29.3. The van der Waals surface area contributed by atoms with Gasteiger partial charge in [-0.3, -0.25) is 14.5 Å². The van der Waals surface area contributed by atoms with E-state index >= 15 is 0 Å². The van der Waals surface area contributed by atoms with Gasteiger partial charge in [0.2, 0.25) is 11.8 Å². The first-order valence-electron chi connectivity index (χ1n) is 11.3. The first kappa shape index (κ1) is 26.4. The van der Waals surface area contributed by atoms with E-state index in [9.17, 15) is 14.7 Å². The number of nitrogens with one attached hydrogen (secondary N) is 1. The van der Waals surface area contributed by atoms with Crippen LogP contribution in [0.1, 0.15) is 60.3 Å². The molecular formula is C24H43N3O3. The molecule has 172 valence electrons. The lowest BCUT2D eigenvalue weighted by Crippen LogP contribution is -2.53. The molecule has 1 rings (SSSR count). The third kappa shape index (κ3) is 9.43. The number of nitrogens with zero attached hydrogens (tertiary/aromatic N) is 2. The first-order valence-corrected chi connectivity index (χ1v) is 11.3. The minimum absolute atomic E-state index is 0.0630. The van der Waals surface area contributed by atoms with E-state index in [1.54, 1.807) is 25.8 Å². The van der Waals surface area contributed by atoms with Crippen LogP contribution in [0.15, 0.2) is 23.8 Å². The number of allylic oxidation sites excluding steroid dienone is 4. The minimum atomic E-state index is -0.642. The highest BCUT2D eigenvalue weighted by Crippen LogP contribution is 2.19. The zero-order chi connectivity index (χ0) is 22.8. The normalized spacial score (nSPS) is 18.0. The maximum absolute atomic E-state index is 12.9. The van der Waals surface area contributed by atoms with Crippen molar-refractivity contribution in [3.63, 3.8) is 0 Å². The molecule has 0 unspecified atom stereocenters. The number of hydrogen-bond acceptors (Lipinski definition) is 4. The Bertz CT molecular complexity index is 613. The zero-order valence-corrected chi connectivity index (χ0v) is 20.0. The van der Waals surface area contributed by atoms with Crippen molar-refractivity contribution in [2.75, 3.05) is 27.2 Å². The molecule has 0 aromatic carbocycles. The van der Waals surface area contributed by atoms with Crippen LogP contribution in [0.3, 0.4) is 0 Å². The average molecular weight is 422 g/mol. The van der Waals surface area contributed by atoms with E-state index in [-0.39, 0.29) is 30.3 Å². The largest absolute Gasteiger partial charge is 0.391 e. The van der Waals surface area contributed by atoms with E-state index in [4.69, 9.17) is 0 Å². The van der Waals surface area contributed by atoms with Crippen LogP contribution in [-0.4, -0.2) is 72.1 Å². The van der Waals surface area contributed by atoms with Crippen molar-refractivity contribution in [3.8, 4) is 0 Å². The van der Waals surface area contributed by atoms with E-state index < -0.39 is 12.1 Å². The maximum atomic E-state index is 12.9. The van der Waals surface area contributed by atoms with E-state index in [1.807, 2.05) is 25.8 Å². The van der Waals surface area contributed by atoms with E-state index in [1.165, 1.54) is 5.57 Å². The van der Waals surface area contributed by atoms with Crippen molar-refractivity contribution in [1.82, 2.24) is 15.1 Å². The Hall–Kier alpha value is -1.66. The summed E-state index contributed by atoms with van der Waals surface area (Å²) >= 11 is 0. The third-order valence-electron chi connectivity index (χ3n) is 5.64. The second-order valence-corrected chi connectivity index (χ2v) is 9.45. The molecule has 0 heterocycles. The molecule has 0 aromatic heterocycles. The molecule has 4 atom stereocenters. The molecule has 0 saturated heterocycles. The second kappa shape index (κ2) is 12.9. The fourth-order valence-electron chi connectivity index (χ4n) is 3.73. The van der Waals surface area contributed by atoms with Gasteiger partial charge in [-0.25, -0.2) is 0 Å². The Kier molecular flexibility index (Phi) is 11.3. The van der Waals surface area contributed by atoms with Gasteiger partial charge in [0.05, 0.1) is 18.7 Å². The molecule has 0 spiro atoms. The quantitative estimate of drug-likeness (QED) is 0.508. The third-order valence-corrected chi connectivity index (χ3v) is 5.64. The number of carbonyl (C=O) groups is 2. The maximum Gasteiger partial charge on any atom is 0.243 e. The topological polar surface area (TPSA) is 72.9 Å². The summed E-state index contributed by atoms with van der Waals surface area (Å²) in [6.07, 6.45) is 9.94. The van der Waals surface area contributed by atoms with E-state index in [0.29, 0.717) is 12.3 Å². The lowest BCUT2D eigenvalue weighted by molar-refractivity contribution is -0.140. The lowest BCUT2D eigenvalue weighted by atomic mass is 9.96. The fourth-order valence-corrected chi connectivity index (χ4v) is 3.73. The first-order chi connectivity index (χ1) is 14.0. The fraction of sp³-hybridized carbons (Fsp3) is 0.750. The molecule has 30 heavy (non-hydrogen) atoms. The predicted octanol–water partition coefficient (Wildman–Crippen LogP) is 2.98. The number of rotatable bonds is 12. The highest BCUT2D eigenvalue weighted by atomic mass is 16.3. The SMILES string of the molecule is CC(C)C[C@@H](C(=O)N[C@H](C)[C@@H](C)O)N(C)C(=O)CN(C)C[C@@H](C)CC1=CCCC=C1. The van der Waals surface area contributed by atoms with E-state index in [0.717, 1.165) is 25.8 Å². The van der Waals surface area contributed by atoms with Crippen LogP contribution in [0.5, 0.6) is 0 Å². The van der Waals surface area contributed by atoms with Gasteiger partial charge in [0.25, 0.3) is 0 Å². The van der Waals surface area contributed by atoms with Crippen molar-refractivity contribution in [2.45, 2.75) is 78.5 Å². The molecule has 1 aliphatic carbocycles. The van der Waals surface area contributed by atoms with Crippen LogP contribution in [0, 0.1) is 11.8 Å². The summed E-state index contributed by atoms with van der Waals surface area (Å²) < 4.78 is 0. The van der Waals surface area contributed by atoms with Crippen LogP contribution < -0.4 is 5.32 Å². The summed E-state index contributed by atoms with van der Waals surface area (Å²) in [5.74, 6) is 0.447. The van der Waals surface area contributed by atoms with Crippen molar-refractivity contribution in [3.05, 3.63) is 23.8 Å². The number of aliphatic hydroxyl groups excluding tert-OH is 1. The molecule has 0 saturated carbocycles. The highest BCUT2D eigenvalue weighted by molar-refractivity contribution is 5.88. The van der Waals surface area contributed by atoms with Gasteiger partial charge in [-0.2, -0.15) is 0 Å². The monoisotopic (exact) mass is 421 g/mol. The van der Waals surface area contributed by atoms with Gasteiger partial charge in [-0.15, -0.1) is 0 Å². The highest BCUT2D eigenvalue weighted by Gasteiger charge is 2.29. The van der Waals surface area contributed by atoms with Gasteiger partial charge < -0.3 is 15.3 Å². The van der Waals surface area contributed by atoms with Gasteiger partial charge >= 0.3 is 0 Å². The Morgan fingerprint density at radius 1 is 1.13 bits per heavy atom. The molecule has 6 nitrogen and oxygen atoms in total. The van der Waals surface area contributed by atoms with Crippen LogP contribution in [0.4, 0.5) is 0 Å². The van der Waals surface area contributed by atoms with Crippen LogP contribution in [0.2, 0.25) is 0 Å². The average Bonchev–Trinajstić information content (AvgIpc) is 2.65. The van der Waals surface area contributed by atoms with Crippen LogP contribution in [0.25, 0.3) is 0 Å². The van der Waals surface area contributed by atoms with Gasteiger partial charge in [0, 0.05) is 13.6 Å². The second-order valence-electron chi connectivity index (χ2n) is 9.45. The number of carbonyl (C=O) groups excluding carboxylic acids is 2. The molecule has 1 aliphatic rings. The van der Waals surface area contributed by atoms with Crippen LogP contribution in [-0.2, 0) is 9.59 Å². The van der Waals surface area contributed by atoms with Crippen molar-refractivity contribution >= 4 is 11.8 Å². The molecule has 2 N–H and O–H groups in total. The summed E-state index contributed by atoms with van der Waals surface area (Å²) in [7, 11) is 3.66. The zero-order valence-electron chi connectivity index (χ0n) is 20.0. The Labute approximate surface area is 183 Å². The molecule has 0 fully saturated rings. The minimum Gasteiger partial charge on any atom is -0.391 e. The standard InChI is InChI=1S/C24H43N3O3/c1-17(2)13-22(24(30)25-19(4)20(5)28)27(7)23(29)16-26(6)15-18(3)14-21-11-9-8-10-12-21/h9,11-12,17-20,22,28H,8,10,13-16H2,1-7H3,(H,25,30)/t18-,19+,20+,22-/m0/s1. The summed E-state index contributed by atoms with van der Waals surface area (Å²) in [6.45, 7) is 10.8. The number of likely N-dealkylation sites (N-methyl/N-ethyl adjacent to an activating group) is 2. The Morgan fingerprint density at radius 3 is 2.33 bits per heavy atom. The van der Waals surface area contributed by atoms with Crippen molar-refractivity contribution in [2.24, 2.45) is 11.8 Å². The lowest BCUT2D eigenvalue weighted by Gasteiger charge is -2.32. The van der Waals surface area contributed by atoms with Crippen molar-refractivity contribution < 1.29 is 14.7 Å². The van der Waals surface area contributed by atoms with Gasteiger partial charge in [0.15, 0.2) is 0 Å². The molecular weight excluding hydrogens is 378 g/mol. The molecule has 0 bridgehead atoms. The van der Waals surface area contributed by atoms with Crippen molar-refractivity contribution in [1.29, 1.82) is 0 Å². The molecule has 2 amide bonds. The van der Waals surface area contributed by atoms with Gasteiger partial charge in [-0.1, -0.05) is 44.6 Å². The smallest absolute Gasteiger partial charge is 0.243 e.